The third-order valence-electron chi connectivity index (χ3n) is 4.77. The van der Waals surface area contributed by atoms with Gasteiger partial charge in [-0.2, -0.15) is 0 Å². The number of halogens is 2. The molecule has 1 aliphatic carbocycles. The molecule has 0 aliphatic heterocycles. The molecule has 2 rings (SSSR count). The first-order valence-electron chi connectivity index (χ1n) is 7.52. The van der Waals surface area contributed by atoms with Gasteiger partial charge in [0.25, 0.3) is 0 Å². The molecule has 0 radical (unpaired) electrons. The lowest BCUT2D eigenvalue weighted by Crippen LogP contribution is -2.38. The summed E-state index contributed by atoms with van der Waals surface area (Å²) in [7, 11) is 2.06. The van der Waals surface area contributed by atoms with E-state index in [1.807, 2.05) is 18.2 Å². The number of likely N-dealkylation sites (N-methyl/N-ethyl adjacent to an activating group) is 1. The van der Waals surface area contributed by atoms with E-state index in [0.717, 1.165) is 27.9 Å². The van der Waals surface area contributed by atoms with Crippen molar-refractivity contribution in [1.82, 2.24) is 5.32 Å². The highest BCUT2D eigenvalue weighted by Gasteiger charge is 2.31. The van der Waals surface area contributed by atoms with Gasteiger partial charge in [-0.05, 0) is 74.2 Å². The Labute approximate surface area is 133 Å². The van der Waals surface area contributed by atoms with Gasteiger partial charge < -0.3 is 5.32 Å². The predicted molar refractivity (Wildman–Crippen MR) is 88.8 cm³/mol. The first-order chi connectivity index (χ1) is 9.41. The van der Waals surface area contributed by atoms with E-state index in [4.69, 9.17) is 23.2 Å². The number of hydrogen-bond acceptors (Lipinski definition) is 1. The highest BCUT2D eigenvalue weighted by Crippen LogP contribution is 2.40. The van der Waals surface area contributed by atoms with Crippen molar-refractivity contribution in [3.05, 3.63) is 33.8 Å². The van der Waals surface area contributed by atoms with Crippen LogP contribution in [0.5, 0.6) is 0 Å². The van der Waals surface area contributed by atoms with Crippen LogP contribution in [0.4, 0.5) is 0 Å². The molecule has 0 saturated heterocycles. The molecule has 20 heavy (non-hydrogen) atoms. The van der Waals surface area contributed by atoms with Crippen molar-refractivity contribution in [3.8, 4) is 0 Å². The summed E-state index contributed by atoms with van der Waals surface area (Å²) in [5, 5.41) is 5.08. The summed E-state index contributed by atoms with van der Waals surface area (Å²) in [6.07, 6.45) is 6.20. The van der Waals surface area contributed by atoms with E-state index in [9.17, 15) is 0 Å². The first kappa shape index (κ1) is 16.1. The van der Waals surface area contributed by atoms with Crippen LogP contribution in [0.1, 0.15) is 45.1 Å². The van der Waals surface area contributed by atoms with Gasteiger partial charge in [0.05, 0.1) is 0 Å². The molecule has 3 heteroatoms. The van der Waals surface area contributed by atoms with Crippen molar-refractivity contribution in [2.75, 3.05) is 7.05 Å². The summed E-state index contributed by atoms with van der Waals surface area (Å²) in [6, 6.07) is 6.24. The molecule has 1 atom stereocenters. The van der Waals surface area contributed by atoms with E-state index in [0.29, 0.717) is 11.5 Å². The van der Waals surface area contributed by atoms with Gasteiger partial charge >= 0.3 is 0 Å². The molecular formula is C17H25Cl2N. The molecule has 112 valence electrons. The fourth-order valence-corrected chi connectivity index (χ4v) is 3.65. The zero-order valence-corrected chi connectivity index (χ0v) is 14.2. The quantitative estimate of drug-likeness (QED) is 0.791. The van der Waals surface area contributed by atoms with E-state index in [-0.39, 0.29) is 0 Å². The molecule has 1 saturated carbocycles. The molecule has 1 aromatic carbocycles. The maximum Gasteiger partial charge on any atom is 0.0439 e. The summed E-state index contributed by atoms with van der Waals surface area (Å²) in [6.45, 7) is 4.76. The van der Waals surface area contributed by atoms with Crippen molar-refractivity contribution in [1.29, 1.82) is 0 Å². The fraction of sp³-hybridized carbons (Fsp3) is 0.647. The molecule has 1 N–H and O–H groups in total. The number of benzene rings is 1. The van der Waals surface area contributed by atoms with Gasteiger partial charge in [-0.15, -0.1) is 0 Å². The Morgan fingerprint density at radius 3 is 2.50 bits per heavy atom. The largest absolute Gasteiger partial charge is 0.316 e. The molecule has 0 amide bonds. The van der Waals surface area contributed by atoms with Gasteiger partial charge in [0.2, 0.25) is 0 Å². The highest BCUT2D eigenvalue weighted by molar-refractivity contribution is 6.33. The van der Waals surface area contributed by atoms with E-state index < -0.39 is 0 Å². The van der Waals surface area contributed by atoms with Crippen LogP contribution in [0.2, 0.25) is 10.0 Å². The van der Waals surface area contributed by atoms with E-state index in [2.05, 4.69) is 26.2 Å². The Morgan fingerprint density at radius 1 is 1.25 bits per heavy atom. The average molecular weight is 314 g/mol. The van der Waals surface area contributed by atoms with Crippen LogP contribution in [0.3, 0.4) is 0 Å². The smallest absolute Gasteiger partial charge is 0.0439 e. The van der Waals surface area contributed by atoms with E-state index in [1.54, 1.807) is 0 Å². The molecule has 0 bridgehead atoms. The third-order valence-corrected chi connectivity index (χ3v) is 5.38. The Bertz CT molecular complexity index is 446. The molecule has 1 unspecified atom stereocenters. The minimum absolute atomic E-state index is 0.488. The maximum absolute atomic E-state index is 6.30. The van der Waals surface area contributed by atoms with Crippen LogP contribution < -0.4 is 5.32 Å². The molecule has 1 fully saturated rings. The molecule has 1 aromatic rings. The molecule has 0 aromatic heterocycles. The van der Waals surface area contributed by atoms with Crippen molar-refractivity contribution in [3.63, 3.8) is 0 Å². The van der Waals surface area contributed by atoms with Crippen molar-refractivity contribution >= 4 is 23.2 Å². The lowest BCUT2D eigenvalue weighted by Gasteiger charge is -2.38. The van der Waals surface area contributed by atoms with Crippen LogP contribution in [0.15, 0.2) is 18.2 Å². The standard InChI is InChI=1S/C17H25Cl2N/c1-17(2)8-6-12(7-9-17)16(20-3)11-13-10-14(18)4-5-15(13)19/h4-5,10,12,16,20H,6-9,11H2,1-3H3. The third kappa shape index (κ3) is 4.13. The minimum Gasteiger partial charge on any atom is -0.316 e. The van der Waals surface area contributed by atoms with Crippen molar-refractivity contribution in [2.45, 2.75) is 52.0 Å². The lowest BCUT2D eigenvalue weighted by molar-refractivity contribution is 0.163. The summed E-state index contributed by atoms with van der Waals surface area (Å²) in [4.78, 5) is 0. The number of rotatable bonds is 4. The molecule has 1 aliphatic rings. The molecule has 0 heterocycles. The van der Waals surface area contributed by atoms with Gasteiger partial charge in [-0.25, -0.2) is 0 Å². The Morgan fingerprint density at radius 2 is 1.90 bits per heavy atom. The second-order valence-electron chi connectivity index (χ2n) is 6.84. The van der Waals surface area contributed by atoms with Gasteiger partial charge in [-0.1, -0.05) is 37.0 Å². The average Bonchev–Trinajstić information content (AvgIpc) is 2.40. The van der Waals surface area contributed by atoms with Crippen molar-refractivity contribution < 1.29 is 0 Å². The summed E-state index contributed by atoms with van der Waals surface area (Å²) in [5.41, 5.74) is 1.67. The van der Waals surface area contributed by atoms with E-state index >= 15 is 0 Å². The maximum atomic E-state index is 6.30. The Kier molecular flexibility index (Phi) is 5.39. The minimum atomic E-state index is 0.488. The lowest BCUT2D eigenvalue weighted by atomic mass is 9.70. The zero-order chi connectivity index (χ0) is 14.8. The van der Waals surface area contributed by atoms with Gasteiger partial charge in [0.1, 0.15) is 0 Å². The van der Waals surface area contributed by atoms with Crippen LogP contribution in [0.25, 0.3) is 0 Å². The summed E-state index contributed by atoms with van der Waals surface area (Å²) < 4.78 is 0. The molecule has 0 spiro atoms. The van der Waals surface area contributed by atoms with Gasteiger partial charge in [0, 0.05) is 16.1 Å². The second-order valence-corrected chi connectivity index (χ2v) is 7.68. The molecular weight excluding hydrogens is 289 g/mol. The zero-order valence-electron chi connectivity index (χ0n) is 12.7. The second kappa shape index (κ2) is 6.68. The summed E-state index contributed by atoms with van der Waals surface area (Å²) >= 11 is 12.4. The van der Waals surface area contributed by atoms with Crippen LogP contribution in [-0.2, 0) is 6.42 Å². The van der Waals surface area contributed by atoms with Crippen LogP contribution in [0, 0.1) is 11.3 Å². The van der Waals surface area contributed by atoms with Gasteiger partial charge in [0.15, 0.2) is 0 Å². The SMILES string of the molecule is CNC(Cc1cc(Cl)ccc1Cl)C1CCC(C)(C)CC1. The summed E-state index contributed by atoms with van der Waals surface area (Å²) in [5.74, 6) is 0.739. The topological polar surface area (TPSA) is 12.0 Å². The Hall–Kier alpha value is -0.240. The predicted octanol–water partition coefficient (Wildman–Crippen LogP) is 5.34. The monoisotopic (exact) mass is 313 g/mol. The van der Waals surface area contributed by atoms with Crippen LogP contribution >= 0.6 is 23.2 Å². The first-order valence-corrected chi connectivity index (χ1v) is 8.28. The van der Waals surface area contributed by atoms with Crippen LogP contribution in [-0.4, -0.2) is 13.1 Å². The number of nitrogens with one attached hydrogen (secondary N) is 1. The highest BCUT2D eigenvalue weighted by atomic mass is 35.5. The van der Waals surface area contributed by atoms with Gasteiger partial charge in [-0.3, -0.25) is 0 Å². The number of hydrogen-bond donors (Lipinski definition) is 1. The fourth-order valence-electron chi connectivity index (χ4n) is 3.27. The van der Waals surface area contributed by atoms with E-state index in [1.165, 1.54) is 25.7 Å². The normalized spacial score (nSPS) is 20.9. The molecule has 1 nitrogen and oxygen atoms in total. The Balaban J connectivity index is 2.04. The van der Waals surface area contributed by atoms with Crippen molar-refractivity contribution in [2.24, 2.45) is 11.3 Å².